The zero-order valence-corrected chi connectivity index (χ0v) is 20.1. The summed E-state index contributed by atoms with van der Waals surface area (Å²) in [7, 11) is 1.32. The van der Waals surface area contributed by atoms with E-state index in [1.807, 2.05) is 55.7 Å². The summed E-state index contributed by atoms with van der Waals surface area (Å²) in [4.78, 5) is 25.6. The van der Waals surface area contributed by atoms with Crippen molar-refractivity contribution in [1.29, 1.82) is 0 Å². The zero-order valence-electron chi connectivity index (χ0n) is 18.5. The number of amides is 1. The number of rotatable bonds is 10. The van der Waals surface area contributed by atoms with Gasteiger partial charge in [-0.2, -0.15) is 0 Å². The Morgan fingerprint density at radius 1 is 1.22 bits per heavy atom. The first-order valence-corrected chi connectivity index (χ1v) is 12.0. The molecule has 10 heteroatoms. The van der Waals surface area contributed by atoms with Crippen molar-refractivity contribution in [2.24, 2.45) is 0 Å². The fourth-order valence-electron chi connectivity index (χ4n) is 3.02. The summed E-state index contributed by atoms with van der Waals surface area (Å²) in [5, 5.41) is 12.5. The number of aromatic nitrogens is 3. The quantitative estimate of drug-likeness (QED) is 0.339. The molecule has 0 saturated heterocycles. The second kappa shape index (κ2) is 11.1. The van der Waals surface area contributed by atoms with Crippen LogP contribution in [0.25, 0.3) is 0 Å². The summed E-state index contributed by atoms with van der Waals surface area (Å²) in [6.07, 6.45) is 0.472. The van der Waals surface area contributed by atoms with E-state index in [9.17, 15) is 9.59 Å². The van der Waals surface area contributed by atoms with Crippen LogP contribution in [0.1, 0.15) is 47.9 Å². The second-order valence-electron chi connectivity index (χ2n) is 6.80. The summed E-state index contributed by atoms with van der Waals surface area (Å²) in [5.74, 6) is 0.879. The van der Waals surface area contributed by atoms with Gasteiger partial charge in [-0.1, -0.05) is 36.9 Å². The maximum atomic E-state index is 12.6. The number of anilines is 1. The number of esters is 1. The summed E-state index contributed by atoms with van der Waals surface area (Å²) in [6, 6.07) is 11.3. The molecular formula is C22H26N4O4S2. The molecule has 0 spiro atoms. The summed E-state index contributed by atoms with van der Waals surface area (Å²) >= 11 is 2.66. The van der Waals surface area contributed by atoms with Crippen molar-refractivity contribution in [3.63, 3.8) is 0 Å². The highest BCUT2D eigenvalue weighted by atomic mass is 32.2. The van der Waals surface area contributed by atoms with Crippen molar-refractivity contribution >= 4 is 40.0 Å². The largest absolute Gasteiger partial charge is 0.483 e. The molecule has 170 valence electrons. The molecule has 2 heterocycles. The SMILES string of the molecule is CCc1cc(C(=O)OC)c(NC(=O)CSc2nnc(C(C)Oc3ccccc3)n2CC)s1. The van der Waals surface area contributed by atoms with Gasteiger partial charge < -0.3 is 19.4 Å². The Morgan fingerprint density at radius 2 is 1.97 bits per heavy atom. The van der Waals surface area contributed by atoms with Gasteiger partial charge >= 0.3 is 5.97 Å². The Morgan fingerprint density at radius 3 is 2.62 bits per heavy atom. The van der Waals surface area contributed by atoms with Gasteiger partial charge in [-0.15, -0.1) is 21.5 Å². The monoisotopic (exact) mass is 474 g/mol. The minimum atomic E-state index is -0.466. The van der Waals surface area contributed by atoms with Crippen molar-refractivity contribution in [2.45, 2.75) is 45.0 Å². The van der Waals surface area contributed by atoms with Crippen LogP contribution >= 0.6 is 23.1 Å². The standard InChI is InChI=1S/C22H26N4O4S2/c1-5-16-12-17(21(28)29-4)20(32-16)23-18(27)13-31-22-25-24-19(26(22)6-2)14(3)30-15-10-8-7-9-11-15/h7-12,14H,5-6,13H2,1-4H3,(H,23,27). The van der Waals surface area contributed by atoms with Crippen LogP contribution < -0.4 is 10.1 Å². The third kappa shape index (κ3) is 5.68. The average Bonchev–Trinajstić information content (AvgIpc) is 3.41. The van der Waals surface area contributed by atoms with Crippen LogP contribution in [0.5, 0.6) is 5.75 Å². The van der Waals surface area contributed by atoms with Crippen LogP contribution in [0.15, 0.2) is 41.6 Å². The molecule has 0 aliphatic carbocycles. The van der Waals surface area contributed by atoms with E-state index >= 15 is 0 Å². The van der Waals surface area contributed by atoms with E-state index in [0.717, 1.165) is 17.0 Å². The van der Waals surface area contributed by atoms with Gasteiger partial charge in [0, 0.05) is 11.4 Å². The van der Waals surface area contributed by atoms with Gasteiger partial charge in [-0.25, -0.2) is 4.79 Å². The highest BCUT2D eigenvalue weighted by Gasteiger charge is 2.21. The van der Waals surface area contributed by atoms with Gasteiger partial charge in [-0.3, -0.25) is 4.79 Å². The molecule has 3 rings (SSSR count). The molecule has 32 heavy (non-hydrogen) atoms. The lowest BCUT2D eigenvalue weighted by molar-refractivity contribution is -0.113. The number of carbonyl (C=O) groups is 2. The number of hydrogen-bond acceptors (Lipinski definition) is 8. The number of methoxy groups -OCH3 is 1. The third-order valence-corrected chi connectivity index (χ3v) is 6.77. The van der Waals surface area contributed by atoms with Gasteiger partial charge in [0.1, 0.15) is 10.8 Å². The molecule has 0 radical (unpaired) electrons. The molecular weight excluding hydrogens is 448 g/mol. The van der Waals surface area contributed by atoms with Crippen molar-refractivity contribution < 1.29 is 19.1 Å². The Balaban J connectivity index is 1.65. The Kier molecular flexibility index (Phi) is 8.29. The molecule has 0 aliphatic rings. The Bertz CT molecular complexity index is 1070. The van der Waals surface area contributed by atoms with Gasteiger partial charge in [0.05, 0.1) is 18.4 Å². The molecule has 2 aromatic heterocycles. The first-order valence-electron chi connectivity index (χ1n) is 10.2. The molecule has 1 amide bonds. The number of nitrogens with zero attached hydrogens (tertiary/aromatic N) is 3. The Hall–Kier alpha value is -2.85. The second-order valence-corrected chi connectivity index (χ2v) is 8.87. The van der Waals surface area contributed by atoms with E-state index in [0.29, 0.717) is 28.1 Å². The van der Waals surface area contributed by atoms with E-state index in [1.165, 1.54) is 30.2 Å². The molecule has 8 nitrogen and oxygen atoms in total. The first-order chi connectivity index (χ1) is 15.5. The number of aryl methyl sites for hydroxylation is 1. The van der Waals surface area contributed by atoms with Crippen LogP contribution in [0.2, 0.25) is 0 Å². The predicted molar refractivity (Wildman–Crippen MR) is 126 cm³/mol. The molecule has 0 fully saturated rings. The van der Waals surface area contributed by atoms with E-state index in [4.69, 9.17) is 9.47 Å². The van der Waals surface area contributed by atoms with E-state index in [1.54, 1.807) is 6.07 Å². The van der Waals surface area contributed by atoms with E-state index in [-0.39, 0.29) is 17.8 Å². The lowest BCUT2D eigenvalue weighted by atomic mass is 10.2. The topological polar surface area (TPSA) is 95.3 Å². The van der Waals surface area contributed by atoms with Crippen LogP contribution in [-0.4, -0.2) is 39.5 Å². The normalized spacial score (nSPS) is 11.8. The minimum Gasteiger partial charge on any atom is -0.483 e. The molecule has 0 saturated carbocycles. The maximum Gasteiger partial charge on any atom is 0.340 e. The lowest BCUT2D eigenvalue weighted by Gasteiger charge is -2.15. The zero-order chi connectivity index (χ0) is 23.1. The average molecular weight is 475 g/mol. The Labute approximate surface area is 195 Å². The number of thioether (sulfide) groups is 1. The van der Waals surface area contributed by atoms with Crippen molar-refractivity contribution in [2.75, 3.05) is 18.2 Å². The van der Waals surface area contributed by atoms with Gasteiger partial charge in [0.15, 0.2) is 17.1 Å². The minimum absolute atomic E-state index is 0.131. The number of benzene rings is 1. The summed E-state index contributed by atoms with van der Waals surface area (Å²) in [5.41, 5.74) is 0.374. The number of carbonyl (C=O) groups excluding carboxylic acids is 2. The highest BCUT2D eigenvalue weighted by molar-refractivity contribution is 7.99. The number of hydrogen-bond donors (Lipinski definition) is 1. The van der Waals surface area contributed by atoms with Crippen LogP contribution in [-0.2, 0) is 22.5 Å². The van der Waals surface area contributed by atoms with E-state index in [2.05, 4.69) is 15.5 Å². The lowest BCUT2D eigenvalue weighted by Crippen LogP contribution is -2.16. The summed E-state index contributed by atoms with van der Waals surface area (Å²) in [6.45, 7) is 6.55. The number of nitrogens with one attached hydrogen (secondary N) is 1. The smallest absolute Gasteiger partial charge is 0.340 e. The van der Waals surface area contributed by atoms with Gasteiger partial charge in [0.25, 0.3) is 0 Å². The van der Waals surface area contributed by atoms with Crippen molar-refractivity contribution in [3.05, 3.63) is 52.7 Å². The fourth-order valence-corrected chi connectivity index (χ4v) is 4.83. The molecule has 1 atom stereocenters. The number of para-hydroxylation sites is 1. The van der Waals surface area contributed by atoms with Crippen molar-refractivity contribution in [3.8, 4) is 5.75 Å². The third-order valence-electron chi connectivity index (χ3n) is 4.60. The summed E-state index contributed by atoms with van der Waals surface area (Å²) < 4.78 is 12.7. The molecule has 1 N–H and O–H groups in total. The molecule has 0 aliphatic heterocycles. The van der Waals surface area contributed by atoms with Crippen LogP contribution in [0, 0.1) is 0 Å². The first kappa shape index (κ1) is 23.8. The number of thiophene rings is 1. The highest BCUT2D eigenvalue weighted by Crippen LogP contribution is 2.30. The molecule has 1 aromatic carbocycles. The number of ether oxygens (including phenoxy) is 2. The molecule has 0 bridgehead atoms. The van der Waals surface area contributed by atoms with Crippen LogP contribution in [0.3, 0.4) is 0 Å². The van der Waals surface area contributed by atoms with E-state index < -0.39 is 5.97 Å². The van der Waals surface area contributed by atoms with Crippen molar-refractivity contribution in [1.82, 2.24) is 14.8 Å². The molecule has 3 aromatic rings. The molecule has 1 unspecified atom stereocenters. The fraction of sp³-hybridized carbons (Fsp3) is 0.364. The van der Waals surface area contributed by atoms with Gasteiger partial charge in [0.2, 0.25) is 5.91 Å². The maximum absolute atomic E-state index is 12.6. The van der Waals surface area contributed by atoms with Gasteiger partial charge in [-0.05, 0) is 38.5 Å². The predicted octanol–water partition coefficient (Wildman–Crippen LogP) is 4.58. The van der Waals surface area contributed by atoms with Crippen LogP contribution in [0.4, 0.5) is 5.00 Å².